The Morgan fingerprint density at radius 2 is 1.72 bits per heavy atom. The number of hydrogen-bond acceptors (Lipinski definition) is 2. The number of benzene rings is 1. The lowest BCUT2D eigenvalue weighted by Crippen LogP contribution is -2.28. The van der Waals surface area contributed by atoms with Crippen LogP contribution in [-0.2, 0) is 13.0 Å². The smallest absolute Gasteiger partial charge is 0.0205 e. The Hall–Kier alpha value is -0.860. The molecule has 18 heavy (non-hydrogen) atoms. The Bertz CT molecular complexity index is 327. The van der Waals surface area contributed by atoms with Gasteiger partial charge < -0.3 is 11.1 Å². The maximum absolute atomic E-state index is 5.72. The van der Waals surface area contributed by atoms with Crippen molar-refractivity contribution in [3.8, 4) is 0 Å². The van der Waals surface area contributed by atoms with Crippen molar-refractivity contribution in [3.63, 3.8) is 0 Å². The fourth-order valence-electron chi connectivity index (χ4n) is 1.87. The normalized spacial score (nSPS) is 11.8. The van der Waals surface area contributed by atoms with Crippen LogP contribution in [0.15, 0.2) is 24.3 Å². The van der Waals surface area contributed by atoms with E-state index in [-0.39, 0.29) is 5.41 Å². The van der Waals surface area contributed by atoms with Gasteiger partial charge in [0.05, 0.1) is 0 Å². The van der Waals surface area contributed by atoms with Gasteiger partial charge in [-0.15, -0.1) is 0 Å². The predicted octanol–water partition coefficient (Wildman–Crippen LogP) is 3.10. The minimum Gasteiger partial charge on any atom is -0.330 e. The maximum atomic E-state index is 5.72. The Balaban J connectivity index is 2.27. The quantitative estimate of drug-likeness (QED) is 0.694. The van der Waals surface area contributed by atoms with Crippen molar-refractivity contribution in [2.45, 2.75) is 46.6 Å². The van der Waals surface area contributed by atoms with Crippen LogP contribution in [0.2, 0.25) is 0 Å². The molecule has 0 atom stereocenters. The van der Waals surface area contributed by atoms with E-state index in [1.54, 1.807) is 0 Å². The summed E-state index contributed by atoms with van der Waals surface area (Å²) in [7, 11) is 0. The molecule has 0 heterocycles. The van der Waals surface area contributed by atoms with Gasteiger partial charge in [0.15, 0.2) is 0 Å². The van der Waals surface area contributed by atoms with Gasteiger partial charge in [0.1, 0.15) is 0 Å². The van der Waals surface area contributed by atoms with Crippen molar-refractivity contribution in [3.05, 3.63) is 35.4 Å². The summed E-state index contributed by atoms with van der Waals surface area (Å²) in [4.78, 5) is 0. The summed E-state index contributed by atoms with van der Waals surface area (Å²) in [5, 5.41) is 3.49. The van der Waals surface area contributed by atoms with E-state index in [1.807, 2.05) is 0 Å². The molecule has 0 radical (unpaired) electrons. The molecule has 0 unspecified atom stereocenters. The molecular formula is C16H28N2. The molecule has 0 fully saturated rings. The van der Waals surface area contributed by atoms with E-state index in [0.717, 1.165) is 26.1 Å². The number of nitrogens with two attached hydrogens (primary N) is 1. The standard InChI is InChI=1S/C16H28N2/c1-4-5-14-6-8-15(9-7-14)12-18-11-10-16(2,3)13-17/h6-9,18H,4-5,10-13,17H2,1-3H3. The molecule has 3 N–H and O–H groups in total. The van der Waals surface area contributed by atoms with Crippen LogP contribution in [0.3, 0.4) is 0 Å². The van der Waals surface area contributed by atoms with Crippen LogP contribution in [0.1, 0.15) is 44.7 Å². The average Bonchev–Trinajstić information content (AvgIpc) is 2.37. The van der Waals surface area contributed by atoms with Crippen LogP contribution in [0.4, 0.5) is 0 Å². The van der Waals surface area contributed by atoms with Crippen molar-refractivity contribution in [2.24, 2.45) is 11.1 Å². The van der Waals surface area contributed by atoms with E-state index in [2.05, 4.69) is 50.4 Å². The molecule has 1 aromatic rings. The summed E-state index contributed by atoms with van der Waals surface area (Å²) >= 11 is 0. The molecule has 1 rings (SSSR count). The fourth-order valence-corrected chi connectivity index (χ4v) is 1.87. The largest absolute Gasteiger partial charge is 0.330 e. The average molecular weight is 248 g/mol. The molecule has 0 aromatic heterocycles. The summed E-state index contributed by atoms with van der Waals surface area (Å²) in [6.07, 6.45) is 3.52. The van der Waals surface area contributed by atoms with Crippen LogP contribution in [0.25, 0.3) is 0 Å². The second-order valence-corrected chi connectivity index (χ2v) is 5.86. The Kier molecular flexibility index (Phi) is 6.37. The zero-order chi connectivity index (χ0) is 13.4. The first-order valence-electron chi connectivity index (χ1n) is 7.06. The van der Waals surface area contributed by atoms with Crippen molar-refractivity contribution in [1.82, 2.24) is 5.32 Å². The molecule has 1 aromatic carbocycles. The molecule has 102 valence electrons. The molecule has 0 bridgehead atoms. The number of rotatable bonds is 8. The first-order chi connectivity index (χ1) is 8.57. The van der Waals surface area contributed by atoms with Gasteiger partial charge in [-0.2, -0.15) is 0 Å². The number of nitrogens with one attached hydrogen (secondary N) is 1. The monoisotopic (exact) mass is 248 g/mol. The Labute approximate surface area is 112 Å². The third-order valence-electron chi connectivity index (χ3n) is 3.42. The second kappa shape index (κ2) is 7.55. The molecule has 2 heteroatoms. The maximum Gasteiger partial charge on any atom is 0.0205 e. The van der Waals surface area contributed by atoms with E-state index in [9.17, 15) is 0 Å². The molecule has 0 saturated heterocycles. The summed E-state index contributed by atoms with van der Waals surface area (Å²) in [6.45, 7) is 9.38. The van der Waals surface area contributed by atoms with Crippen molar-refractivity contribution in [1.29, 1.82) is 0 Å². The van der Waals surface area contributed by atoms with Crippen LogP contribution in [0, 0.1) is 5.41 Å². The molecular weight excluding hydrogens is 220 g/mol. The van der Waals surface area contributed by atoms with Gasteiger partial charge in [0, 0.05) is 6.54 Å². The molecule has 0 spiro atoms. The highest BCUT2D eigenvalue weighted by molar-refractivity contribution is 5.22. The Morgan fingerprint density at radius 1 is 1.11 bits per heavy atom. The zero-order valence-corrected chi connectivity index (χ0v) is 12.1. The zero-order valence-electron chi connectivity index (χ0n) is 12.1. The number of aryl methyl sites for hydroxylation is 1. The summed E-state index contributed by atoms with van der Waals surface area (Å²) < 4.78 is 0. The van der Waals surface area contributed by atoms with Gasteiger partial charge in [-0.25, -0.2) is 0 Å². The van der Waals surface area contributed by atoms with E-state index in [1.165, 1.54) is 24.0 Å². The lowest BCUT2D eigenvalue weighted by atomic mass is 9.90. The SMILES string of the molecule is CCCc1ccc(CNCCC(C)(C)CN)cc1. The summed E-state index contributed by atoms with van der Waals surface area (Å²) in [5.74, 6) is 0. The van der Waals surface area contributed by atoms with Gasteiger partial charge >= 0.3 is 0 Å². The first-order valence-corrected chi connectivity index (χ1v) is 7.06. The van der Waals surface area contributed by atoms with Crippen LogP contribution < -0.4 is 11.1 Å². The molecule has 0 saturated carbocycles. The minimum atomic E-state index is 0.248. The van der Waals surface area contributed by atoms with Crippen molar-refractivity contribution in [2.75, 3.05) is 13.1 Å². The predicted molar refractivity (Wildman–Crippen MR) is 79.6 cm³/mol. The van der Waals surface area contributed by atoms with Gasteiger partial charge in [-0.05, 0) is 42.5 Å². The van der Waals surface area contributed by atoms with E-state index < -0.39 is 0 Å². The number of hydrogen-bond donors (Lipinski definition) is 2. The lowest BCUT2D eigenvalue weighted by molar-refractivity contribution is 0.339. The molecule has 0 aliphatic rings. The molecule has 2 nitrogen and oxygen atoms in total. The third-order valence-corrected chi connectivity index (χ3v) is 3.42. The lowest BCUT2D eigenvalue weighted by Gasteiger charge is -2.22. The van der Waals surface area contributed by atoms with Gasteiger partial charge in [-0.1, -0.05) is 51.5 Å². The van der Waals surface area contributed by atoms with Crippen LogP contribution in [-0.4, -0.2) is 13.1 Å². The van der Waals surface area contributed by atoms with Gasteiger partial charge in [0.25, 0.3) is 0 Å². The highest BCUT2D eigenvalue weighted by atomic mass is 14.8. The first kappa shape index (κ1) is 15.2. The van der Waals surface area contributed by atoms with Gasteiger partial charge in [0.2, 0.25) is 0 Å². The Morgan fingerprint density at radius 3 is 2.28 bits per heavy atom. The van der Waals surface area contributed by atoms with Crippen LogP contribution >= 0.6 is 0 Å². The molecule has 0 aliphatic heterocycles. The van der Waals surface area contributed by atoms with Gasteiger partial charge in [-0.3, -0.25) is 0 Å². The van der Waals surface area contributed by atoms with E-state index in [4.69, 9.17) is 5.73 Å². The highest BCUT2D eigenvalue weighted by Crippen LogP contribution is 2.16. The third kappa shape index (κ3) is 5.65. The highest BCUT2D eigenvalue weighted by Gasteiger charge is 2.14. The topological polar surface area (TPSA) is 38.0 Å². The minimum absolute atomic E-state index is 0.248. The summed E-state index contributed by atoms with van der Waals surface area (Å²) in [6, 6.07) is 8.94. The van der Waals surface area contributed by atoms with Crippen LogP contribution in [0.5, 0.6) is 0 Å². The van der Waals surface area contributed by atoms with E-state index in [0.29, 0.717) is 0 Å². The fraction of sp³-hybridized carbons (Fsp3) is 0.625. The summed E-state index contributed by atoms with van der Waals surface area (Å²) in [5.41, 5.74) is 8.76. The van der Waals surface area contributed by atoms with E-state index >= 15 is 0 Å². The second-order valence-electron chi connectivity index (χ2n) is 5.86. The molecule has 0 aliphatic carbocycles. The van der Waals surface area contributed by atoms with Crippen molar-refractivity contribution >= 4 is 0 Å². The molecule has 0 amide bonds. The van der Waals surface area contributed by atoms with Crippen molar-refractivity contribution < 1.29 is 0 Å².